The first-order valence-electron chi connectivity index (χ1n) is 8.01. The number of rotatable bonds is 8. The predicted octanol–water partition coefficient (Wildman–Crippen LogP) is 3.08. The van der Waals surface area contributed by atoms with Crippen LogP contribution in [0.2, 0.25) is 0 Å². The summed E-state index contributed by atoms with van der Waals surface area (Å²) in [6, 6.07) is 0. The van der Waals surface area contributed by atoms with Crippen molar-refractivity contribution < 1.29 is 4.74 Å². The van der Waals surface area contributed by atoms with Crippen LogP contribution in [0.4, 0.5) is 0 Å². The maximum absolute atomic E-state index is 5.12. The third kappa shape index (κ3) is 4.54. The topological polar surface area (TPSA) is 39.1 Å². The molecular formula is C16H28BrN3O. The number of nitrogens with one attached hydrogen (secondary N) is 1. The maximum Gasteiger partial charge on any atom is 0.0738 e. The summed E-state index contributed by atoms with van der Waals surface area (Å²) in [5, 5.41) is 8.09. The van der Waals surface area contributed by atoms with Crippen LogP contribution in [0.25, 0.3) is 0 Å². The van der Waals surface area contributed by atoms with Crippen LogP contribution in [0.1, 0.15) is 37.1 Å². The Bertz CT molecular complexity index is 441. The highest BCUT2D eigenvalue weighted by Crippen LogP contribution is 2.34. The minimum Gasteiger partial charge on any atom is -0.383 e. The van der Waals surface area contributed by atoms with E-state index in [0.717, 1.165) is 37.7 Å². The monoisotopic (exact) mass is 357 g/mol. The standard InChI is InChI=1S/C16H28BrN3O/c1-12-16(17)15(20(2)19-12)10-14(11-18-8-9-21-3)13-6-4-5-7-13/h13-14,18H,4-11H2,1-3H3. The van der Waals surface area contributed by atoms with Crippen LogP contribution in [-0.2, 0) is 18.2 Å². The average molecular weight is 358 g/mol. The quantitative estimate of drug-likeness (QED) is 0.726. The molecule has 0 radical (unpaired) electrons. The number of hydrogen-bond donors (Lipinski definition) is 1. The van der Waals surface area contributed by atoms with Gasteiger partial charge < -0.3 is 10.1 Å². The van der Waals surface area contributed by atoms with Gasteiger partial charge in [-0.3, -0.25) is 4.68 Å². The summed E-state index contributed by atoms with van der Waals surface area (Å²) in [6.45, 7) is 4.86. The fourth-order valence-corrected chi connectivity index (χ4v) is 3.94. The summed E-state index contributed by atoms with van der Waals surface area (Å²) in [5.74, 6) is 1.54. The third-order valence-electron chi connectivity index (χ3n) is 4.67. The molecule has 120 valence electrons. The fourth-order valence-electron chi connectivity index (χ4n) is 3.45. The lowest BCUT2D eigenvalue weighted by molar-refractivity contribution is 0.195. The molecule has 1 aliphatic carbocycles. The number of methoxy groups -OCH3 is 1. The third-order valence-corrected chi connectivity index (χ3v) is 5.70. The second kappa shape index (κ2) is 8.30. The van der Waals surface area contributed by atoms with Gasteiger partial charge >= 0.3 is 0 Å². The molecule has 1 unspecified atom stereocenters. The van der Waals surface area contributed by atoms with Gasteiger partial charge in [0.25, 0.3) is 0 Å². The van der Waals surface area contributed by atoms with E-state index in [1.54, 1.807) is 7.11 Å². The second-order valence-electron chi connectivity index (χ2n) is 6.18. The summed E-state index contributed by atoms with van der Waals surface area (Å²) in [4.78, 5) is 0. The van der Waals surface area contributed by atoms with Crippen LogP contribution in [0.3, 0.4) is 0 Å². The normalized spacial score (nSPS) is 17.5. The Hall–Kier alpha value is -0.390. The van der Waals surface area contributed by atoms with Crippen molar-refractivity contribution in [3.05, 3.63) is 15.9 Å². The molecule has 2 rings (SSSR count). The van der Waals surface area contributed by atoms with Gasteiger partial charge in [-0.25, -0.2) is 0 Å². The maximum atomic E-state index is 5.12. The Morgan fingerprint density at radius 3 is 2.71 bits per heavy atom. The summed E-state index contributed by atoms with van der Waals surface area (Å²) >= 11 is 3.71. The van der Waals surface area contributed by atoms with Crippen molar-refractivity contribution in [1.82, 2.24) is 15.1 Å². The molecule has 1 saturated carbocycles. The lowest BCUT2D eigenvalue weighted by Crippen LogP contribution is -2.31. The van der Waals surface area contributed by atoms with Crippen molar-refractivity contribution in [3.63, 3.8) is 0 Å². The van der Waals surface area contributed by atoms with Gasteiger partial charge in [0.15, 0.2) is 0 Å². The zero-order chi connectivity index (χ0) is 15.2. The van der Waals surface area contributed by atoms with Crippen molar-refractivity contribution in [2.75, 3.05) is 26.8 Å². The van der Waals surface area contributed by atoms with E-state index in [1.165, 1.54) is 35.8 Å². The zero-order valence-electron chi connectivity index (χ0n) is 13.5. The number of halogens is 1. The van der Waals surface area contributed by atoms with Crippen molar-refractivity contribution in [2.24, 2.45) is 18.9 Å². The smallest absolute Gasteiger partial charge is 0.0738 e. The Labute approximate surface area is 136 Å². The molecule has 0 amide bonds. The van der Waals surface area contributed by atoms with Gasteiger partial charge in [0.1, 0.15) is 0 Å². The number of aryl methyl sites for hydroxylation is 2. The first kappa shape index (κ1) is 17.0. The van der Waals surface area contributed by atoms with Crippen LogP contribution >= 0.6 is 15.9 Å². The number of nitrogens with zero attached hydrogens (tertiary/aromatic N) is 2. The van der Waals surface area contributed by atoms with E-state index in [-0.39, 0.29) is 0 Å². The number of ether oxygens (including phenoxy) is 1. The zero-order valence-corrected chi connectivity index (χ0v) is 15.1. The van der Waals surface area contributed by atoms with Crippen molar-refractivity contribution >= 4 is 15.9 Å². The van der Waals surface area contributed by atoms with E-state index < -0.39 is 0 Å². The highest BCUT2D eigenvalue weighted by atomic mass is 79.9. The lowest BCUT2D eigenvalue weighted by Gasteiger charge is -2.24. The van der Waals surface area contributed by atoms with Crippen LogP contribution in [-0.4, -0.2) is 36.6 Å². The highest BCUT2D eigenvalue weighted by molar-refractivity contribution is 9.10. The van der Waals surface area contributed by atoms with Gasteiger partial charge in [-0.2, -0.15) is 5.10 Å². The van der Waals surface area contributed by atoms with E-state index in [0.29, 0.717) is 5.92 Å². The molecule has 1 aromatic heterocycles. The van der Waals surface area contributed by atoms with E-state index in [1.807, 2.05) is 4.68 Å². The van der Waals surface area contributed by atoms with Crippen LogP contribution in [0.5, 0.6) is 0 Å². The fraction of sp³-hybridized carbons (Fsp3) is 0.812. The summed E-state index contributed by atoms with van der Waals surface area (Å²) in [6.07, 6.45) is 6.65. The van der Waals surface area contributed by atoms with E-state index >= 15 is 0 Å². The van der Waals surface area contributed by atoms with Crippen molar-refractivity contribution in [3.8, 4) is 0 Å². The first-order valence-corrected chi connectivity index (χ1v) is 8.80. The summed E-state index contributed by atoms with van der Waals surface area (Å²) < 4.78 is 8.35. The highest BCUT2D eigenvalue weighted by Gasteiger charge is 2.27. The molecule has 0 saturated heterocycles. The van der Waals surface area contributed by atoms with Crippen LogP contribution < -0.4 is 5.32 Å². The minimum atomic E-state index is 0.690. The first-order chi connectivity index (χ1) is 10.1. The molecule has 1 aliphatic rings. The van der Waals surface area contributed by atoms with E-state index in [9.17, 15) is 0 Å². The molecule has 4 nitrogen and oxygen atoms in total. The van der Waals surface area contributed by atoms with Crippen molar-refractivity contribution in [1.29, 1.82) is 0 Å². The largest absolute Gasteiger partial charge is 0.383 e. The van der Waals surface area contributed by atoms with Gasteiger partial charge in [0.2, 0.25) is 0 Å². The SMILES string of the molecule is COCCNCC(Cc1c(Br)c(C)nn1C)C1CCCC1. The molecule has 21 heavy (non-hydrogen) atoms. The Kier molecular flexibility index (Phi) is 6.71. The Morgan fingerprint density at radius 1 is 1.43 bits per heavy atom. The van der Waals surface area contributed by atoms with E-state index in [2.05, 4.69) is 40.3 Å². The number of aromatic nitrogens is 2. The molecule has 0 spiro atoms. The van der Waals surface area contributed by atoms with Crippen LogP contribution in [0.15, 0.2) is 4.47 Å². The summed E-state index contributed by atoms with van der Waals surface area (Å²) in [5.41, 5.74) is 2.42. The molecule has 0 bridgehead atoms. The predicted molar refractivity (Wildman–Crippen MR) is 89.5 cm³/mol. The lowest BCUT2D eigenvalue weighted by atomic mass is 9.87. The Balaban J connectivity index is 2.00. The molecule has 1 fully saturated rings. The molecule has 0 aromatic carbocycles. The van der Waals surface area contributed by atoms with Gasteiger partial charge in [-0.1, -0.05) is 25.7 Å². The van der Waals surface area contributed by atoms with Gasteiger partial charge in [0, 0.05) is 20.7 Å². The average Bonchev–Trinajstić information content (AvgIpc) is 3.06. The molecule has 1 N–H and O–H groups in total. The summed E-state index contributed by atoms with van der Waals surface area (Å²) in [7, 11) is 3.81. The van der Waals surface area contributed by atoms with E-state index in [4.69, 9.17) is 4.74 Å². The van der Waals surface area contributed by atoms with Crippen molar-refractivity contribution in [2.45, 2.75) is 39.0 Å². The molecule has 5 heteroatoms. The molecule has 0 aliphatic heterocycles. The number of hydrogen-bond acceptors (Lipinski definition) is 3. The second-order valence-corrected chi connectivity index (χ2v) is 6.97. The van der Waals surface area contributed by atoms with Gasteiger partial charge in [-0.05, 0) is 47.7 Å². The minimum absolute atomic E-state index is 0.690. The molecule has 1 atom stereocenters. The van der Waals surface area contributed by atoms with Crippen LogP contribution in [0, 0.1) is 18.8 Å². The molecule has 1 aromatic rings. The Morgan fingerprint density at radius 2 is 2.14 bits per heavy atom. The van der Waals surface area contributed by atoms with Gasteiger partial charge in [-0.15, -0.1) is 0 Å². The van der Waals surface area contributed by atoms with Gasteiger partial charge in [0.05, 0.1) is 22.5 Å². The molecule has 1 heterocycles. The molecular weight excluding hydrogens is 330 g/mol.